The predicted octanol–water partition coefficient (Wildman–Crippen LogP) is 3.34. The van der Waals surface area contributed by atoms with Gasteiger partial charge < -0.3 is 10.5 Å². The summed E-state index contributed by atoms with van der Waals surface area (Å²) in [6.45, 7) is 2.16. The average molecular weight is 284 g/mol. The van der Waals surface area contributed by atoms with E-state index in [2.05, 4.69) is 9.97 Å². The Hall–Kier alpha value is -1.36. The first-order valence-corrected chi connectivity index (χ1v) is 6.01. The van der Waals surface area contributed by atoms with Crippen LogP contribution in [-0.4, -0.2) is 9.97 Å². The summed E-state index contributed by atoms with van der Waals surface area (Å²) in [4.78, 5) is 8.32. The van der Waals surface area contributed by atoms with E-state index in [-0.39, 0.29) is 6.01 Å². The molecule has 0 radical (unpaired) electrons. The van der Waals surface area contributed by atoms with E-state index < -0.39 is 0 Å². The van der Waals surface area contributed by atoms with Crippen LogP contribution >= 0.6 is 23.2 Å². The van der Waals surface area contributed by atoms with Crippen LogP contribution in [0.15, 0.2) is 24.3 Å². The molecule has 0 atom stereocenters. The molecule has 2 aromatic rings. The van der Waals surface area contributed by atoms with Gasteiger partial charge in [-0.3, -0.25) is 0 Å². The van der Waals surface area contributed by atoms with Crippen LogP contribution in [0.1, 0.15) is 11.4 Å². The van der Waals surface area contributed by atoms with Crippen LogP contribution in [-0.2, 0) is 6.54 Å². The van der Waals surface area contributed by atoms with Crippen LogP contribution in [0, 0.1) is 6.92 Å². The number of aromatic nitrogens is 2. The fraction of sp³-hybridized carbons (Fsp3) is 0.167. The number of nitrogens with zero attached hydrogens (tertiary/aromatic N) is 2. The van der Waals surface area contributed by atoms with Gasteiger partial charge in [0.25, 0.3) is 0 Å². The molecule has 0 fully saturated rings. The molecule has 0 aliphatic heterocycles. The lowest BCUT2D eigenvalue weighted by Crippen LogP contribution is -2.03. The summed E-state index contributed by atoms with van der Waals surface area (Å²) < 4.78 is 5.52. The monoisotopic (exact) mass is 283 g/mol. The van der Waals surface area contributed by atoms with Crippen molar-refractivity contribution in [2.45, 2.75) is 13.5 Å². The van der Waals surface area contributed by atoms with Gasteiger partial charge in [-0.15, -0.1) is 0 Å². The minimum absolute atomic E-state index is 0.208. The lowest BCUT2D eigenvalue weighted by molar-refractivity contribution is 0.438. The highest BCUT2D eigenvalue weighted by atomic mass is 35.5. The van der Waals surface area contributed by atoms with Gasteiger partial charge in [-0.2, -0.15) is 4.98 Å². The first-order chi connectivity index (χ1) is 8.58. The van der Waals surface area contributed by atoms with Crippen molar-refractivity contribution in [3.8, 4) is 11.8 Å². The Balaban J connectivity index is 2.33. The molecule has 0 spiro atoms. The third-order valence-electron chi connectivity index (χ3n) is 2.19. The summed E-state index contributed by atoms with van der Waals surface area (Å²) >= 11 is 11.9. The summed E-state index contributed by atoms with van der Waals surface area (Å²) in [5, 5.41) is 0.972. The number of rotatable bonds is 3. The second kappa shape index (κ2) is 5.52. The molecule has 0 saturated heterocycles. The lowest BCUT2D eigenvalue weighted by atomic mass is 10.3. The molecule has 2 N–H and O–H groups in total. The summed E-state index contributed by atoms with van der Waals surface area (Å²) in [5.74, 6) is 0.415. The number of aryl methyl sites for hydroxylation is 1. The third kappa shape index (κ3) is 3.10. The van der Waals surface area contributed by atoms with E-state index in [1.165, 1.54) is 0 Å². The van der Waals surface area contributed by atoms with E-state index >= 15 is 0 Å². The summed E-state index contributed by atoms with van der Waals surface area (Å²) in [6, 6.07) is 6.95. The molecule has 0 aliphatic rings. The Kier molecular flexibility index (Phi) is 4.01. The summed E-state index contributed by atoms with van der Waals surface area (Å²) in [6.07, 6.45) is 0. The number of hydrogen-bond acceptors (Lipinski definition) is 4. The molecule has 4 nitrogen and oxygen atoms in total. The smallest absolute Gasteiger partial charge is 0.322 e. The van der Waals surface area contributed by atoms with E-state index in [0.717, 1.165) is 5.69 Å². The van der Waals surface area contributed by atoms with Gasteiger partial charge in [0.1, 0.15) is 0 Å². The van der Waals surface area contributed by atoms with Crippen LogP contribution in [0.2, 0.25) is 10.0 Å². The average Bonchev–Trinajstić information content (AvgIpc) is 2.33. The third-order valence-corrected chi connectivity index (χ3v) is 2.74. The van der Waals surface area contributed by atoms with Gasteiger partial charge in [-0.25, -0.2) is 4.98 Å². The molecule has 0 bridgehead atoms. The molecule has 1 heterocycles. The maximum atomic E-state index is 6.00. The normalized spacial score (nSPS) is 10.4. The SMILES string of the molecule is Cc1cc(CN)nc(Oc2cc(Cl)ccc2Cl)n1. The molecule has 1 aromatic carbocycles. The van der Waals surface area contributed by atoms with Gasteiger partial charge in [-0.05, 0) is 25.1 Å². The molecular weight excluding hydrogens is 273 g/mol. The minimum atomic E-state index is 0.208. The molecule has 6 heteroatoms. The Morgan fingerprint density at radius 1 is 1.22 bits per heavy atom. The highest BCUT2D eigenvalue weighted by Crippen LogP contribution is 2.30. The second-order valence-electron chi connectivity index (χ2n) is 3.66. The molecule has 2 rings (SSSR count). The molecule has 0 aliphatic carbocycles. The van der Waals surface area contributed by atoms with Crippen molar-refractivity contribution in [3.63, 3.8) is 0 Å². The molecule has 0 saturated carbocycles. The highest BCUT2D eigenvalue weighted by molar-refractivity contribution is 6.34. The van der Waals surface area contributed by atoms with Crippen LogP contribution in [0.5, 0.6) is 11.8 Å². The summed E-state index contributed by atoms with van der Waals surface area (Å²) in [7, 11) is 0. The second-order valence-corrected chi connectivity index (χ2v) is 4.51. The zero-order valence-corrected chi connectivity index (χ0v) is 11.2. The van der Waals surface area contributed by atoms with Crippen LogP contribution in [0.3, 0.4) is 0 Å². The molecule has 0 unspecified atom stereocenters. The number of ether oxygens (including phenoxy) is 1. The molecular formula is C12H11Cl2N3O. The number of hydrogen-bond donors (Lipinski definition) is 1. The van der Waals surface area contributed by atoms with Gasteiger partial charge in [-0.1, -0.05) is 23.2 Å². The van der Waals surface area contributed by atoms with Crippen LogP contribution in [0.25, 0.3) is 0 Å². The standard InChI is InChI=1S/C12H11Cl2N3O/c1-7-4-9(6-15)17-12(16-7)18-11-5-8(13)2-3-10(11)14/h2-5H,6,15H2,1H3. The van der Waals surface area contributed by atoms with E-state index in [9.17, 15) is 0 Å². The summed E-state index contributed by atoms with van der Waals surface area (Å²) in [5.41, 5.74) is 7.02. The van der Waals surface area contributed by atoms with Crippen molar-refractivity contribution in [3.05, 3.63) is 45.7 Å². The highest BCUT2D eigenvalue weighted by Gasteiger charge is 2.08. The zero-order valence-electron chi connectivity index (χ0n) is 9.65. The first kappa shape index (κ1) is 13.1. The van der Waals surface area contributed by atoms with E-state index in [1.807, 2.05) is 6.92 Å². The largest absolute Gasteiger partial charge is 0.423 e. The van der Waals surface area contributed by atoms with Gasteiger partial charge in [0, 0.05) is 23.3 Å². The number of benzene rings is 1. The lowest BCUT2D eigenvalue weighted by Gasteiger charge is -2.08. The molecule has 94 valence electrons. The van der Waals surface area contributed by atoms with Crippen molar-refractivity contribution >= 4 is 23.2 Å². The number of nitrogens with two attached hydrogens (primary N) is 1. The fourth-order valence-electron chi connectivity index (χ4n) is 1.41. The van der Waals surface area contributed by atoms with E-state index in [4.69, 9.17) is 33.7 Å². The van der Waals surface area contributed by atoms with E-state index in [1.54, 1.807) is 24.3 Å². The number of halogens is 2. The topological polar surface area (TPSA) is 61.0 Å². The zero-order chi connectivity index (χ0) is 13.1. The van der Waals surface area contributed by atoms with Crippen LogP contribution < -0.4 is 10.5 Å². The first-order valence-electron chi connectivity index (χ1n) is 5.26. The predicted molar refractivity (Wildman–Crippen MR) is 71.2 cm³/mol. The maximum Gasteiger partial charge on any atom is 0.322 e. The quantitative estimate of drug-likeness (QED) is 0.939. The fourth-order valence-corrected chi connectivity index (χ4v) is 1.73. The van der Waals surface area contributed by atoms with Crippen molar-refractivity contribution in [2.24, 2.45) is 5.73 Å². The van der Waals surface area contributed by atoms with Gasteiger partial charge >= 0.3 is 6.01 Å². The minimum Gasteiger partial charge on any atom is -0.423 e. The Morgan fingerprint density at radius 3 is 2.72 bits per heavy atom. The molecule has 1 aromatic heterocycles. The Labute approximate surface area is 115 Å². The van der Waals surface area contributed by atoms with E-state index in [0.29, 0.717) is 28.0 Å². The van der Waals surface area contributed by atoms with Gasteiger partial charge in [0.15, 0.2) is 5.75 Å². The van der Waals surface area contributed by atoms with Crippen molar-refractivity contribution in [2.75, 3.05) is 0 Å². The molecule has 0 amide bonds. The Morgan fingerprint density at radius 2 is 2.00 bits per heavy atom. The Bertz CT molecular complexity index is 575. The van der Waals surface area contributed by atoms with Gasteiger partial charge in [0.2, 0.25) is 0 Å². The maximum absolute atomic E-state index is 6.00. The van der Waals surface area contributed by atoms with Crippen molar-refractivity contribution < 1.29 is 4.74 Å². The van der Waals surface area contributed by atoms with Gasteiger partial charge in [0.05, 0.1) is 10.7 Å². The van der Waals surface area contributed by atoms with Crippen molar-refractivity contribution in [1.82, 2.24) is 9.97 Å². The van der Waals surface area contributed by atoms with Crippen LogP contribution in [0.4, 0.5) is 0 Å². The van der Waals surface area contributed by atoms with Crippen molar-refractivity contribution in [1.29, 1.82) is 0 Å². The molecule has 18 heavy (non-hydrogen) atoms.